The summed E-state index contributed by atoms with van der Waals surface area (Å²) in [4.78, 5) is 38.2. The SMILES string of the molecule is CCCCCC/C=C\CCCCCCCC(=O)OCC(COC(=O)CCCCCCCCCCCCCCCCC/C=C\CCCCCCCCCC)OC(=O)CCCCCCCCCCCCCCCC. The summed E-state index contributed by atoms with van der Waals surface area (Å²) in [6, 6.07) is 0. The van der Waals surface area contributed by atoms with E-state index in [4.69, 9.17) is 14.2 Å². The quantitative estimate of drug-likeness (QED) is 0.0261. The molecule has 0 saturated heterocycles. The number of carbonyl (C=O) groups is 3. The van der Waals surface area contributed by atoms with Crippen molar-refractivity contribution in [1.82, 2.24) is 0 Å². The van der Waals surface area contributed by atoms with Crippen molar-refractivity contribution in [3.05, 3.63) is 24.3 Å². The minimum Gasteiger partial charge on any atom is -0.462 e. The molecule has 0 heterocycles. The molecule has 0 aromatic heterocycles. The molecule has 0 aromatic rings. The summed E-state index contributed by atoms with van der Waals surface area (Å²) in [5, 5.41) is 0. The molecule has 0 spiro atoms. The molecule has 0 aliphatic rings. The maximum Gasteiger partial charge on any atom is 0.306 e. The van der Waals surface area contributed by atoms with E-state index in [2.05, 4.69) is 45.1 Å². The van der Waals surface area contributed by atoms with Crippen molar-refractivity contribution in [2.75, 3.05) is 13.2 Å². The molecule has 424 valence electrons. The van der Waals surface area contributed by atoms with Gasteiger partial charge in [-0.2, -0.15) is 0 Å². The van der Waals surface area contributed by atoms with E-state index in [1.807, 2.05) is 0 Å². The molecular formula is C66H124O6. The van der Waals surface area contributed by atoms with Crippen LogP contribution in [0.3, 0.4) is 0 Å². The average molecular weight is 1010 g/mol. The van der Waals surface area contributed by atoms with Gasteiger partial charge in [-0.15, -0.1) is 0 Å². The molecular weight excluding hydrogens is 889 g/mol. The van der Waals surface area contributed by atoms with Gasteiger partial charge in [-0.3, -0.25) is 14.4 Å². The molecule has 0 fully saturated rings. The first-order valence-electron chi connectivity index (χ1n) is 32.3. The van der Waals surface area contributed by atoms with Crippen molar-refractivity contribution in [3.8, 4) is 0 Å². The zero-order valence-corrected chi connectivity index (χ0v) is 48.7. The number of ether oxygens (including phenoxy) is 3. The fraction of sp³-hybridized carbons (Fsp3) is 0.894. The lowest BCUT2D eigenvalue weighted by Crippen LogP contribution is -2.30. The monoisotopic (exact) mass is 1010 g/mol. The van der Waals surface area contributed by atoms with Crippen LogP contribution in [0.1, 0.15) is 361 Å². The Labute approximate surface area is 449 Å². The van der Waals surface area contributed by atoms with Crippen LogP contribution in [0, 0.1) is 0 Å². The van der Waals surface area contributed by atoms with Crippen molar-refractivity contribution >= 4 is 17.9 Å². The number of unbranched alkanes of at least 4 members (excludes halogenated alkanes) is 45. The molecule has 0 aromatic carbocycles. The summed E-state index contributed by atoms with van der Waals surface area (Å²) in [5.74, 6) is -0.853. The lowest BCUT2D eigenvalue weighted by atomic mass is 10.0. The number of esters is 3. The summed E-state index contributed by atoms with van der Waals surface area (Å²) >= 11 is 0. The Bertz CT molecular complexity index is 1160. The molecule has 0 amide bonds. The Kier molecular flexibility index (Phi) is 59.6. The Balaban J connectivity index is 4.17. The summed E-state index contributed by atoms with van der Waals surface area (Å²) < 4.78 is 16.9. The molecule has 0 radical (unpaired) electrons. The van der Waals surface area contributed by atoms with E-state index in [0.29, 0.717) is 19.3 Å². The molecule has 0 aliphatic heterocycles. The second kappa shape index (κ2) is 61.4. The highest BCUT2D eigenvalue weighted by Gasteiger charge is 2.19. The van der Waals surface area contributed by atoms with Gasteiger partial charge in [-0.25, -0.2) is 0 Å². The van der Waals surface area contributed by atoms with Crippen LogP contribution in [0.4, 0.5) is 0 Å². The largest absolute Gasteiger partial charge is 0.462 e. The van der Waals surface area contributed by atoms with Gasteiger partial charge in [0.05, 0.1) is 0 Å². The third kappa shape index (κ3) is 58.8. The Morgan fingerprint density at radius 1 is 0.264 bits per heavy atom. The van der Waals surface area contributed by atoms with E-state index < -0.39 is 6.10 Å². The minimum absolute atomic E-state index is 0.0683. The number of rotatable bonds is 60. The van der Waals surface area contributed by atoms with Crippen LogP contribution in [-0.2, 0) is 28.6 Å². The second-order valence-corrected chi connectivity index (χ2v) is 22.0. The van der Waals surface area contributed by atoms with Gasteiger partial charge in [0.25, 0.3) is 0 Å². The van der Waals surface area contributed by atoms with Crippen molar-refractivity contribution in [1.29, 1.82) is 0 Å². The van der Waals surface area contributed by atoms with E-state index in [9.17, 15) is 14.4 Å². The van der Waals surface area contributed by atoms with E-state index in [-0.39, 0.29) is 31.1 Å². The van der Waals surface area contributed by atoms with E-state index in [1.165, 1.54) is 257 Å². The Morgan fingerprint density at radius 2 is 0.458 bits per heavy atom. The number of hydrogen-bond donors (Lipinski definition) is 0. The molecule has 0 saturated carbocycles. The van der Waals surface area contributed by atoms with Gasteiger partial charge < -0.3 is 14.2 Å². The predicted molar refractivity (Wildman–Crippen MR) is 312 cm³/mol. The van der Waals surface area contributed by atoms with Crippen LogP contribution in [0.25, 0.3) is 0 Å². The topological polar surface area (TPSA) is 78.9 Å². The fourth-order valence-corrected chi connectivity index (χ4v) is 9.79. The normalized spacial score (nSPS) is 12.1. The average Bonchev–Trinajstić information content (AvgIpc) is 3.38. The van der Waals surface area contributed by atoms with Gasteiger partial charge in [-0.1, -0.05) is 295 Å². The zero-order chi connectivity index (χ0) is 52.2. The second-order valence-electron chi connectivity index (χ2n) is 22.0. The third-order valence-corrected chi connectivity index (χ3v) is 14.7. The highest BCUT2D eigenvalue weighted by molar-refractivity contribution is 5.71. The van der Waals surface area contributed by atoms with Gasteiger partial charge in [0.2, 0.25) is 0 Å². The van der Waals surface area contributed by atoms with Crippen LogP contribution in [0.2, 0.25) is 0 Å². The molecule has 6 heteroatoms. The van der Waals surface area contributed by atoms with Crippen molar-refractivity contribution in [2.24, 2.45) is 0 Å². The van der Waals surface area contributed by atoms with Crippen LogP contribution in [0.5, 0.6) is 0 Å². The maximum atomic E-state index is 12.9. The van der Waals surface area contributed by atoms with Gasteiger partial charge in [-0.05, 0) is 70.6 Å². The standard InChI is InChI=1S/C66H124O6/c1-4-7-10-13-16-19-22-25-27-28-29-30-31-32-33-34-35-36-37-38-39-42-44-47-50-53-56-59-65(68)71-62-63(61-70-64(67)58-55-52-49-46-43-40-24-21-18-15-12-9-6-3)72-66(69)60-57-54-51-48-45-41-26-23-20-17-14-11-8-5-2/h21,24,28-29,63H,4-20,22-23,25-27,30-62H2,1-3H3/b24-21-,29-28-. The van der Waals surface area contributed by atoms with Crippen molar-refractivity contribution in [3.63, 3.8) is 0 Å². The molecule has 0 N–H and O–H groups in total. The smallest absolute Gasteiger partial charge is 0.306 e. The summed E-state index contributed by atoms with van der Waals surface area (Å²) in [6.45, 7) is 6.68. The van der Waals surface area contributed by atoms with E-state index in [0.717, 1.165) is 64.2 Å². The van der Waals surface area contributed by atoms with E-state index in [1.54, 1.807) is 0 Å². The number of carbonyl (C=O) groups excluding carboxylic acids is 3. The zero-order valence-electron chi connectivity index (χ0n) is 48.7. The highest BCUT2D eigenvalue weighted by atomic mass is 16.6. The first-order chi connectivity index (χ1) is 35.5. The van der Waals surface area contributed by atoms with Gasteiger partial charge in [0, 0.05) is 19.3 Å². The lowest BCUT2D eigenvalue weighted by Gasteiger charge is -2.18. The summed E-state index contributed by atoms with van der Waals surface area (Å²) in [5.41, 5.74) is 0. The van der Waals surface area contributed by atoms with Crippen molar-refractivity contribution < 1.29 is 28.6 Å². The van der Waals surface area contributed by atoms with Gasteiger partial charge in [0.15, 0.2) is 6.10 Å². The van der Waals surface area contributed by atoms with Gasteiger partial charge >= 0.3 is 17.9 Å². The Morgan fingerprint density at radius 3 is 0.708 bits per heavy atom. The van der Waals surface area contributed by atoms with E-state index >= 15 is 0 Å². The van der Waals surface area contributed by atoms with Crippen molar-refractivity contribution in [2.45, 2.75) is 367 Å². The minimum atomic E-state index is -0.770. The summed E-state index contributed by atoms with van der Waals surface area (Å²) in [6.07, 6.45) is 73.4. The molecule has 6 nitrogen and oxygen atoms in total. The third-order valence-electron chi connectivity index (χ3n) is 14.7. The molecule has 72 heavy (non-hydrogen) atoms. The first-order valence-corrected chi connectivity index (χ1v) is 32.3. The lowest BCUT2D eigenvalue weighted by molar-refractivity contribution is -0.167. The van der Waals surface area contributed by atoms with Gasteiger partial charge in [0.1, 0.15) is 13.2 Å². The van der Waals surface area contributed by atoms with Crippen LogP contribution >= 0.6 is 0 Å². The highest BCUT2D eigenvalue weighted by Crippen LogP contribution is 2.18. The van der Waals surface area contributed by atoms with Crippen LogP contribution in [0.15, 0.2) is 24.3 Å². The fourth-order valence-electron chi connectivity index (χ4n) is 9.79. The number of allylic oxidation sites excluding steroid dienone is 4. The maximum absolute atomic E-state index is 12.9. The number of hydrogen-bond acceptors (Lipinski definition) is 6. The summed E-state index contributed by atoms with van der Waals surface area (Å²) in [7, 11) is 0. The molecule has 1 unspecified atom stereocenters. The molecule has 0 bridgehead atoms. The molecule has 0 aliphatic carbocycles. The van der Waals surface area contributed by atoms with Crippen LogP contribution in [-0.4, -0.2) is 37.2 Å². The van der Waals surface area contributed by atoms with Crippen LogP contribution < -0.4 is 0 Å². The predicted octanol–water partition coefficient (Wildman–Crippen LogP) is 21.8. The first kappa shape index (κ1) is 69.9. The molecule has 1 atom stereocenters. The molecule has 0 rings (SSSR count). The Hall–Kier alpha value is -2.11.